The van der Waals surface area contributed by atoms with Crippen molar-refractivity contribution in [1.82, 2.24) is 4.98 Å². The lowest BCUT2D eigenvalue weighted by Gasteiger charge is -2.10. The fourth-order valence-corrected chi connectivity index (χ4v) is 2.33. The molecule has 0 N–H and O–H groups in total. The Balaban J connectivity index is 2.10. The highest BCUT2D eigenvalue weighted by Gasteiger charge is 2.04. The Kier molecular flexibility index (Phi) is 5.93. The predicted octanol–water partition coefficient (Wildman–Crippen LogP) is 2.66. The summed E-state index contributed by atoms with van der Waals surface area (Å²) < 4.78 is 5.04. The van der Waals surface area contributed by atoms with Gasteiger partial charge < -0.3 is 4.74 Å². The fraction of sp³-hybridized carbons (Fsp3) is 0.500. The molecule has 3 nitrogen and oxygen atoms in total. The van der Waals surface area contributed by atoms with Crippen LogP contribution in [0.5, 0.6) is 0 Å². The molecular formula is C12H17NO2S. The van der Waals surface area contributed by atoms with Gasteiger partial charge in [0.2, 0.25) is 0 Å². The average Bonchev–Trinajstić information content (AvgIpc) is 2.25. The monoisotopic (exact) mass is 239 g/mol. The summed E-state index contributed by atoms with van der Waals surface area (Å²) in [7, 11) is 0. The molecule has 0 spiro atoms. The molecule has 1 atom stereocenters. The lowest BCUT2D eigenvalue weighted by molar-refractivity contribution is -0.145. The number of pyridine rings is 1. The summed E-state index contributed by atoms with van der Waals surface area (Å²) in [5.74, 6) is 1.78. The normalized spacial score (nSPS) is 12.1. The minimum absolute atomic E-state index is 0.0161. The Morgan fingerprint density at radius 1 is 1.50 bits per heavy atom. The van der Waals surface area contributed by atoms with Crippen molar-refractivity contribution in [2.75, 3.05) is 5.75 Å². The van der Waals surface area contributed by atoms with Crippen LogP contribution in [0.25, 0.3) is 0 Å². The van der Waals surface area contributed by atoms with E-state index >= 15 is 0 Å². The second kappa shape index (κ2) is 7.28. The van der Waals surface area contributed by atoms with Crippen LogP contribution in [0, 0.1) is 0 Å². The molecule has 0 fully saturated rings. The maximum Gasteiger partial charge on any atom is 0.302 e. The van der Waals surface area contributed by atoms with Gasteiger partial charge in [0, 0.05) is 25.1 Å². The van der Waals surface area contributed by atoms with Gasteiger partial charge >= 0.3 is 5.97 Å². The average molecular weight is 239 g/mol. The Morgan fingerprint density at radius 2 is 2.19 bits per heavy atom. The number of carbonyl (C=O) groups is 1. The molecule has 0 aliphatic heterocycles. The SMILES string of the molecule is CC(=O)OC(C)CCSCc1ccncc1. The van der Waals surface area contributed by atoms with E-state index in [0.29, 0.717) is 0 Å². The first-order valence-corrected chi connectivity index (χ1v) is 6.48. The summed E-state index contributed by atoms with van der Waals surface area (Å²) >= 11 is 1.84. The first kappa shape index (κ1) is 13.0. The first-order valence-electron chi connectivity index (χ1n) is 5.32. The third-order valence-electron chi connectivity index (χ3n) is 2.05. The van der Waals surface area contributed by atoms with E-state index in [1.807, 2.05) is 30.8 Å². The Bertz CT molecular complexity index is 316. The summed E-state index contributed by atoms with van der Waals surface area (Å²) in [4.78, 5) is 14.6. The Labute approximate surface area is 101 Å². The second-order valence-electron chi connectivity index (χ2n) is 3.62. The molecule has 1 aromatic rings. The van der Waals surface area contributed by atoms with Crippen molar-refractivity contribution < 1.29 is 9.53 Å². The van der Waals surface area contributed by atoms with Crippen molar-refractivity contribution in [3.8, 4) is 0 Å². The van der Waals surface area contributed by atoms with Gasteiger partial charge in [0.25, 0.3) is 0 Å². The third kappa shape index (κ3) is 5.75. The minimum atomic E-state index is -0.202. The smallest absolute Gasteiger partial charge is 0.302 e. The number of hydrogen-bond acceptors (Lipinski definition) is 4. The number of ether oxygens (including phenoxy) is 1. The van der Waals surface area contributed by atoms with E-state index in [1.54, 1.807) is 12.4 Å². The highest BCUT2D eigenvalue weighted by molar-refractivity contribution is 7.98. The fourth-order valence-electron chi connectivity index (χ4n) is 1.26. The van der Waals surface area contributed by atoms with E-state index in [-0.39, 0.29) is 12.1 Å². The second-order valence-corrected chi connectivity index (χ2v) is 4.72. The van der Waals surface area contributed by atoms with Crippen LogP contribution in [0.3, 0.4) is 0 Å². The van der Waals surface area contributed by atoms with Crippen LogP contribution in [0.15, 0.2) is 24.5 Å². The number of esters is 1. The number of rotatable bonds is 6. The van der Waals surface area contributed by atoms with Crippen molar-refractivity contribution in [3.05, 3.63) is 30.1 Å². The third-order valence-corrected chi connectivity index (χ3v) is 3.12. The van der Waals surface area contributed by atoms with Crippen molar-refractivity contribution >= 4 is 17.7 Å². The van der Waals surface area contributed by atoms with Gasteiger partial charge in [-0.05, 0) is 36.8 Å². The molecule has 0 saturated carbocycles. The summed E-state index contributed by atoms with van der Waals surface area (Å²) in [6.45, 7) is 3.37. The van der Waals surface area contributed by atoms with E-state index < -0.39 is 0 Å². The minimum Gasteiger partial charge on any atom is -0.463 e. The van der Waals surface area contributed by atoms with Crippen LogP contribution >= 0.6 is 11.8 Å². The van der Waals surface area contributed by atoms with Gasteiger partial charge in [-0.15, -0.1) is 0 Å². The van der Waals surface area contributed by atoms with Crippen LogP contribution in [0.1, 0.15) is 25.8 Å². The Morgan fingerprint density at radius 3 is 2.81 bits per heavy atom. The molecule has 1 heterocycles. The zero-order chi connectivity index (χ0) is 11.8. The van der Waals surface area contributed by atoms with Crippen LogP contribution in [0.2, 0.25) is 0 Å². The van der Waals surface area contributed by atoms with E-state index in [9.17, 15) is 4.79 Å². The number of aromatic nitrogens is 1. The molecule has 0 saturated heterocycles. The standard InChI is InChI=1S/C12H17NO2S/c1-10(15-11(2)14)5-8-16-9-12-3-6-13-7-4-12/h3-4,6-7,10H,5,8-9H2,1-2H3. The van der Waals surface area contributed by atoms with Crippen LogP contribution in [-0.4, -0.2) is 22.8 Å². The zero-order valence-electron chi connectivity index (χ0n) is 9.68. The molecule has 1 aromatic heterocycles. The molecule has 1 rings (SSSR count). The maximum absolute atomic E-state index is 10.7. The molecule has 0 bridgehead atoms. The highest BCUT2D eigenvalue weighted by atomic mass is 32.2. The van der Waals surface area contributed by atoms with Crippen molar-refractivity contribution in [2.45, 2.75) is 32.1 Å². The Hall–Kier alpha value is -1.03. The largest absolute Gasteiger partial charge is 0.463 e. The summed E-state index contributed by atoms with van der Waals surface area (Å²) in [5, 5.41) is 0. The maximum atomic E-state index is 10.7. The molecule has 4 heteroatoms. The van der Waals surface area contributed by atoms with Crippen molar-refractivity contribution in [2.24, 2.45) is 0 Å². The first-order chi connectivity index (χ1) is 7.68. The lowest BCUT2D eigenvalue weighted by Crippen LogP contribution is -2.12. The topological polar surface area (TPSA) is 39.2 Å². The van der Waals surface area contributed by atoms with Gasteiger partial charge in [0.1, 0.15) is 0 Å². The van der Waals surface area contributed by atoms with Crippen LogP contribution < -0.4 is 0 Å². The zero-order valence-corrected chi connectivity index (χ0v) is 10.5. The van der Waals surface area contributed by atoms with E-state index in [2.05, 4.69) is 4.98 Å². The molecule has 1 unspecified atom stereocenters. The molecule has 16 heavy (non-hydrogen) atoms. The van der Waals surface area contributed by atoms with Gasteiger partial charge in [-0.2, -0.15) is 11.8 Å². The lowest BCUT2D eigenvalue weighted by atomic mass is 10.3. The van der Waals surface area contributed by atoms with Gasteiger partial charge in [0.05, 0.1) is 6.10 Å². The molecule has 0 aliphatic rings. The van der Waals surface area contributed by atoms with Gasteiger partial charge in [0.15, 0.2) is 0 Å². The number of thioether (sulfide) groups is 1. The summed E-state index contributed by atoms with van der Waals surface area (Å²) in [6.07, 6.45) is 4.52. The number of nitrogens with zero attached hydrogens (tertiary/aromatic N) is 1. The van der Waals surface area contributed by atoms with Gasteiger partial charge in [-0.25, -0.2) is 0 Å². The predicted molar refractivity (Wildman–Crippen MR) is 66.2 cm³/mol. The quantitative estimate of drug-likeness (QED) is 0.565. The summed E-state index contributed by atoms with van der Waals surface area (Å²) in [6, 6.07) is 4.03. The van der Waals surface area contributed by atoms with E-state index in [1.165, 1.54) is 12.5 Å². The highest BCUT2D eigenvalue weighted by Crippen LogP contribution is 2.13. The van der Waals surface area contributed by atoms with Crippen LogP contribution in [0.4, 0.5) is 0 Å². The molecule has 0 radical (unpaired) electrons. The molecule has 88 valence electrons. The van der Waals surface area contributed by atoms with E-state index in [4.69, 9.17) is 4.74 Å². The molecule has 0 aromatic carbocycles. The molecule has 0 aliphatic carbocycles. The van der Waals surface area contributed by atoms with E-state index in [0.717, 1.165) is 17.9 Å². The summed E-state index contributed by atoms with van der Waals surface area (Å²) in [5.41, 5.74) is 1.28. The number of carbonyl (C=O) groups excluding carboxylic acids is 1. The van der Waals surface area contributed by atoms with Crippen molar-refractivity contribution in [3.63, 3.8) is 0 Å². The van der Waals surface area contributed by atoms with Gasteiger partial charge in [-0.3, -0.25) is 9.78 Å². The number of hydrogen-bond donors (Lipinski definition) is 0. The van der Waals surface area contributed by atoms with Crippen molar-refractivity contribution in [1.29, 1.82) is 0 Å². The molecule has 0 amide bonds. The molecular weight excluding hydrogens is 222 g/mol. The van der Waals surface area contributed by atoms with Gasteiger partial charge in [-0.1, -0.05) is 0 Å². The van der Waals surface area contributed by atoms with Crippen LogP contribution in [-0.2, 0) is 15.3 Å².